The van der Waals surface area contributed by atoms with Crippen molar-refractivity contribution in [1.29, 1.82) is 0 Å². The lowest BCUT2D eigenvalue weighted by molar-refractivity contribution is -0.132. The molecule has 18 heavy (non-hydrogen) atoms. The Kier molecular flexibility index (Phi) is 3.28. The van der Waals surface area contributed by atoms with Crippen molar-refractivity contribution in [1.82, 2.24) is 0 Å². The Morgan fingerprint density at radius 2 is 2.00 bits per heavy atom. The number of furan rings is 1. The number of rotatable bonds is 3. The van der Waals surface area contributed by atoms with Gasteiger partial charge >= 0.3 is 5.97 Å². The zero-order valence-corrected chi connectivity index (χ0v) is 9.68. The number of halogens is 1. The van der Waals surface area contributed by atoms with Crippen LogP contribution in [0.4, 0.5) is 4.39 Å². The van der Waals surface area contributed by atoms with E-state index in [1.165, 1.54) is 19.1 Å². The number of aliphatic carboxylic acids is 1. The molecule has 0 saturated heterocycles. The molecule has 0 saturated carbocycles. The van der Waals surface area contributed by atoms with Crippen LogP contribution in [0.5, 0.6) is 0 Å². The average Bonchev–Trinajstić information content (AvgIpc) is 2.77. The maximum Gasteiger partial charge on any atom is 0.331 e. The Bertz CT molecular complexity index is 611. The smallest absolute Gasteiger partial charge is 0.331 e. The molecule has 0 radical (unpaired) electrons. The van der Waals surface area contributed by atoms with Gasteiger partial charge in [-0.3, -0.25) is 0 Å². The van der Waals surface area contributed by atoms with Crippen LogP contribution in [0.1, 0.15) is 12.7 Å². The number of carboxylic acids is 1. The summed E-state index contributed by atoms with van der Waals surface area (Å²) in [6.07, 6.45) is 1.40. The van der Waals surface area contributed by atoms with Crippen molar-refractivity contribution in [2.45, 2.75) is 6.92 Å². The van der Waals surface area contributed by atoms with Crippen LogP contribution >= 0.6 is 0 Å². The Balaban J connectivity index is 2.35. The minimum atomic E-state index is -1.01. The molecule has 1 heterocycles. The summed E-state index contributed by atoms with van der Waals surface area (Å²) >= 11 is 0. The molecule has 0 atom stereocenters. The van der Waals surface area contributed by atoms with Crippen LogP contribution in [0.15, 0.2) is 46.4 Å². The monoisotopic (exact) mass is 246 g/mol. The van der Waals surface area contributed by atoms with Crippen molar-refractivity contribution in [3.05, 3.63) is 53.5 Å². The number of benzene rings is 1. The van der Waals surface area contributed by atoms with E-state index in [2.05, 4.69) is 0 Å². The zero-order valence-electron chi connectivity index (χ0n) is 9.68. The van der Waals surface area contributed by atoms with E-state index in [1.54, 1.807) is 30.3 Å². The minimum absolute atomic E-state index is 0.157. The summed E-state index contributed by atoms with van der Waals surface area (Å²) in [6, 6.07) is 9.46. The Morgan fingerprint density at radius 3 is 2.67 bits per heavy atom. The zero-order chi connectivity index (χ0) is 13.1. The lowest BCUT2D eigenvalue weighted by Gasteiger charge is -1.98. The molecule has 2 aromatic rings. The van der Waals surface area contributed by atoms with Crippen molar-refractivity contribution in [3.8, 4) is 11.3 Å². The van der Waals surface area contributed by atoms with Crippen molar-refractivity contribution < 1.29 is 18.7 Å². The van der Waals surface area contributed by atoms with Gasteiger partial charge in [-0.1, -0.05) is 12.1 Å². The van der Waals surface area contributed by atoms with Gasteiger partial charge in [0.25, 0.3) is 0 Å². The topological polar surface area (TPSA) is 50.4 Å². The van der Waals surface area contributed by atoms with Gasteiger partial charge in [0.05, 0.1) is 5.56 Å². The third-order valence-electron chi connectivity index (χ3n) is 2.46. The van der Waals surface area contributed by atoms with Crippen LogP contribution in [-0.4, -0.2) is 11.1 Å². The number of hydrogen-bond donors (Lipinski definition) is 1. The highest BCUT2D eigenvalue weighted by molar-refractivity contribution is 5.91. The molecule has 1 aromatic carbocycles. The molecular weight excluding hydrogens is 235 g/mol. The maximum atomic E-state index is 13.5. The molecule has 3 nitrogen and oxygen atoms in total. The molecule has 0 aliphatic heterocycles. The second-order valence-corrected chi connectivity index (χ2v) is 3.81. The van der Waals surface area contributed by atoms with Gasteiger partial charge in [-0.2, -0.15) is 0 Å². The lowest BCUT2D eigenvalue weighted by atomic mass is 10.1. The molecule has 0 amide bonds. The van der Waals surface area contributed by atoms with E-state index in [4.69, 9.17) is 9.52 Å². The van der Waals surface area contributed by atoms with Crippen LogP contribution in [-0.2, 0) is 4.79 Å². The molecule has 0 unspecified atom stereocenters. The fraction of sp³-hybridized carbons (Fsp3) is 0.0714. The van der Waals surface area contributed by atoms with Gasteiger partial charge in [0.15, 0.2) is 0 Å². The average molecular weight is 246 g/mol. The normalized spacial score (nSPS) is 11.6. The molecule has 0 aliphatic rings. The van der Waals surface area contributed by atoms with Crippen molar-refractivity contribution in [2.75, 3.05) is 0 Å². The van der Waals surface area contributed by atoms with Crippen LogP contribution < -0.4 is 0 Å². The van der Waals surface area contributed by atoms with Gasteiger partial charge in [0, 0.05) is 5.57 Å². The van der Waals surface area contributed by atoms with Gasteiger partial charge in [-0.25, -0.2) is 9.18 Å². The number of carbonyl (C=O) groups is 1. The maximum absolute atomic E-state index is 13.5. The first kappa shape index (κ1) is 12.1. The van der Waals surface area contributed by atoms with E-state index in [0.29, 0.717) is 17.1 Å². The van der Waals surface area contributed by atoms with E-state index >= 15 is 0 Å². The molecule has 0 bridgehead atoms. The van der Waals surface area contributed by atoms with Crippen molar-refractivity contribution >= 4 is 12.0 Å². The van der Waals surface area contributed by atoms with Crippen LogP contribution in [0, 0.1) is 5.82 Å². The number of hydrogen-bond acceptors (Lipinski definition) is 2. The molecule has 1 N–H and O–H groups in total. The molecule has 92 valence electrons. The highest BCUT2D eigenvalue weighted by atomic mass is 19.1. The Morgan fingerprint density at radius 1 is 1.28 bits per heavy atom. The van der Waals surface area contributed by atoms with Crippen molar-refractivity contribution in [3.63, 3.8) is 0 Å². The van der Waals surface area contributed by atoms with Gasteiger partial charge in [0.1, 0.15) is 17.3 Å². The first-order chi connectivity index (χ1) is 8.58. The molecule has 0 fully saturated rings. The van der Waals surface area contributed by atoms with Gasteiger partial charge in [0.2, 0.25) is 0 Å². The summed E-state index contributed by atoms with van der Waals surface area (Å²) in [5.74, 6) is -0.637. The summed E-state index contributed by atoms with van der Waals surface area (Å²) in [5, 5.41) is 8.74. The largest absolute Gasteiger partial charge is 0.478 e. The van der Waals surface area contributed by atoms with Gasteiger partial charge in [-0.15, -0.1) is 0 Å². The quantitative estimate of drug-likeness (QED) is 0.842. The summed E-state index contributed by atoms with van der Waals surface area (Å²) < 4.78 is 18.9. The summed E-state index contributed by atoms with van der Waals surface area (Å²) in [4.78, 5) is 10.7. The van der Waals surface area contributed by atoms with Crippen LogP contribution in [0.2, 0.25) is 0 Å². The van der Waals surface area contributed by atoms with Crippen molar-refractivity contribution in [2.24, 2.45) is 0 Å². The van der Waals surface area contributed by atoms with Crippen LogP contribution in [0.25, 0.3) is 17.4 Å². The third-order valence-corrected chi connectivity index (χ3v) is 2.46. The Hall–Kier alpha value is -2.36. The fourth-order valence-electron chi connectivity index (χ4n) is 1.51. The fourth-order valence-corrected chi connectivity index (χ4v) is 1.51. The lowest BCUT2D eigenvalue weighted by Crippen LogP contribution is -1.94. The minimum Gasteiger partial charge on any atom is -0.478 e. The highest BCUT2D eigenvalue weighted by Crippen LogP contribution is 2.25. The molecule has 0 spiro atoms. The second-order valence-electron chi connectivity index (χ2n) is 3.81. The standard InChI is InChI=1S/C14H11FO3/c1-9(14(16)17)8-10-6-7-13(18-10)11-4-2-3-5-12(11)15/h2-8H,1H3,(H,16,17). The molecule has 1 aromatic heterocycles. The summed E-state index contributed by atoms with van der Waals surface area (Å²) in [6.45, 7) is 1.47. The predicted molar refractivity (Wildman–Crippen MR) is 65.4 cm³/mol. The molecular formula is C14H11FO3. The molecule has 0 aliphatic carbocycles. The van der Waals surface area contributed by atoms with E-state index in [1.807, 2.05) is 0 Å². The Labute approximate surface area is 103 Å². The van der Waals surface area contributed by atoms with Gasteiger partial charge in [-0.05, 0) is 37.3 Å². The first-order valence-electron chi connectivity index (χ1n) is 5.34. The SMILES string of the molecule is CC(=Cc1ccc(-c2ccccc2F)o1)C(=O)O. The summed E-state index contributed by atoms with van der Waals surface area (Å²) in [7, 11) is 0. The van der Waals surface area contributed by atoms with Gasteiger partial charge < -0.3 is 9.52 Å². The first-order valence-corrected chi connectivity index (χ1v) is 5.34. The number of carboxylic acid groups (broad SMARTS) is 1. The summed E-state index contributed by atoms with van der Waals surface area (Å²) in [5.41, 5.74) is 0.509. The highest BCUT2D eigenvalue weighted by Gasteiger charge is 2.09. The predicted octanol–water partition coefficient (Wildman–Crippen LogP) is 3.57. The van der Waals surface area contributed by atoms with E-state index in [9.17, 15) is 9.18 Å². The molecule has 2 rings (SSSR count). The second kappa shape index (κ2) is 4.87. The van der Waals surface area contributed by atoms with Crippen LogP contribution in [0.3, 0.4) is 0 Å². The van der Waals surface area contributed by atoms with E-state index in [-0.39, 0.29) is 11.4 Å². The van der Waals surface area contributed by atoms with E-state index < -0.39 is 5.97 Å². The van der Waals surface area contributed by atoms with E-state index in [0.717, 1.165) is 0 Å². The third kappa shape index (κ3) is 2.48. The molecule has 4 heteroatoms.